The first-order valence-corrected chi connectivity index (χ1v) is 8.29. The molecule has 1 aliphatic rings. The molecule has 1 saturated heterocycles. The molecule has 0 radical (unpaired) electrons. The summed E-state index contributed by atoms with van der Waals surface area (Å²) < 4.78 is 25.8. The van der Waals surface area contributed by atoms with Gasteiger partial charge in [0.05, 0.1) is 5.75 Å². The van der Waals surface area contributed by atoms with Crippen LogP contribution in [-0.2, 0) is 10.0 Å². The van der Waals surface area contributed by atoms with E-state index in [1.165, 1.54) is 0 Å². The molecule has 0 unspecified atom stereocenters. The minimum Gasteiger partial charge on any atom is -0.330 e. The minimum absolute atomic E-state index is 0.189. The standard InChI is InChI=1S/C10H22N2O2S2/c1-10(2)4-6-12(7-8-15-10)16(13,14)9-3-5-11/h3-9,11H2,1-2H3. The van der Waals surface area contributed by atoms with E-state index in [1.807, 2.05) is 11.8 Å². The zero-order valence-corrected chi connectivity index (χ0v) is 11.7. The fourth-order valence-electron chi connectivity index (χ4n) is 1.67. The number of hydrogen-bond acceptors (Lipinski definition) is 4. The van der Waals surface area contributed by atoms with Crippen LogP contribution >= 0.6 is 11.8 Å². The van der Waals surface area contributed by atoms with E-state index >= 15 is 0 Å². The highest BCUT2D eigenvalue weighted by atomic mass is 32.2. The van der Waals surface area contributed by atoms with Gasteiger partial charge in [0.1, 0.15) is 0 Å². The number of hydrogen-bond donors (Lipinski definition) is 1. The zero-order valence-electron chi connectivity index (χ0n) is 10.1. The van der Waals surface area contributed by atoms with Crippen LogP contribution in [0.1, 0.15) is 26.7 Å². The molecule has 0 amide bonds. The summed E-state index contributed by atoms with van der Waals surface area (Å²) in [6.07, 6.45) is 1.47. The fourth-order valence-corrected chi connectivity index (χ4v) is 4.42. The molecule has 1 fully saturated rings. The van der Waals surface area contributed by atoms with Gasteiger partial charge in [-0.3, -0.25) is 0 Å². The Kier molecular flexibility index (Phi) is 5.10. The molecule has 0 aromatic rings. The van der Waals surface area contributed by atoms with Crippen molar-refractivity contribution in [1.29, 1.82) is 0 Å². The summed E-state index contributed by atoms with van der Waals surface area (Å²) in [5.41, 5.74) is 5.35. The number of rotatable bonds is 4. The summed E-state index contributed by atoms with van der Waals surface area (Å²) in [7, 11) is -3.08. The maximum absolute atomic E-state index is 12.0. The van der Waals surface area contributed by atoms with Gasteiger partial charge in [-0.05, 0) is 19.4 Å². The Balaban J connectivity index is 2.60. The average Bonchev–Trinajstić information content (AvgIpc) is 2.36. The molecule has 0 saturated carbocycles. The second-order valence-corrected chi connectivity index (χ2v) is 8.61. The lowest BCUT2D eigenvalue weighted by Gasteiger charge is -2.22. The quantitative estimate of drug-likeness (QED) is 0.820. The van der Waals surface area contributed by atoms with E-state index in [4.69, 9.17) is 5.73 Å². The summed E-state index contributed by atoms with van der Waals surface area (Å²) in [4.78, 5) is 0. The Morgan fingerprint density at radius 1 is 1.38 bits per heavy atom. The molecule has 1 rings (SSSR count). The molecule has 0 aromatic carbocycles. The fraction of sp³-hybridized carbons (Fsp3) is 1.00. The molecule has 2 N–H and O–H groups in total. The van der Waals surface area contributed by atoms with Crippen LogP contribution in [0.25, 0.3) is 0 Å². The number of thioether (sulfide) groups is 1. The molecule has 16 heavy (non-hydrogen) atoms. The highest BCUT2D eigenvalue weighted by Crippen LogP contribution is 2.31. The number of nitrogens with zero attached hydrogens (tertiary/aromatic N) is 1. The first-order chi connectivity index (χ1) is 7.37. The van der Waals surface area contributed by atoms with Crippen LogP contribution in [0.15, 0.2) is 0 Å². The van der Waals surface area contributed by atoms with Crippen LogP contribution in [0, 0.1) is 0 Å². The SMILES string of the molecule is CC1(C)CCN(S(=O)(=O)CCCN)CCS1. The Bertz CT molecular complexity index is 315. The van der Waals surface area contributed by atoms with Crippen molar-refractivity contribution in [3.8, 4) is 0 Å². The largest absolute Gasteiger partial charge is 0.330 e. The third-order valence-electron chi connectivity index (χ3n) is 2.80. The topological polar surface area (TPSA) is 63.4 Å². The van der Waals surface area contributed by atoms with E-state index in [2.05, 4.69) is 13.8 Å². The summed E-state index contributed by atoms with van der Waals surface area (Å²) >= 11 is 1.85. The smallest absolute Gasteiger partial charge is 0.214 e. The summed E-state index contributed by atoms with van der Waals surface area (Å²) in [5.74, 6) is 1.07. The van der Waals surface area contributed by atoms with Crippen LogP contribution in [-0.4, -0.2) is 48.6 Å². The van der Waals surface area contributed by atoms with Crippen molar-refractivity contribution < 1.29 is 8.42 Å². The van der Waals surface area contributed by atoms with Gasteiger partial charge < -0.3 is 5.73 Å². The normalized spacial score (nSPS) is 22.9. The first-order valence-electron chi connectivity index (χ1n) is 5.69. The van der Waals surface area contributed by atoms with E-state index in [0.29, 0.717) is 26.1 Å². The Hall–Kier alpha value is 0.220. The van der Waals surface area contributed by atoms with E-state index in [-0.39, 0.29) is 10.5 Å². The van der Waals surface area contributed by atoms with E-state index in [0.717, 1.165) is 12.2 Å². The van der Waals surface area contributed by atoms with Crippen molar-refractivity contribution in [2.75, 3.05) is 31.1 Å². The second kappa shape index (κ2) is 5.71. The third kappa shape index (κ3) is 4.24. The maximum Gasteiger partial charge on any atom is 0.214 e. The van der Waals surface area contributed by atoms with Gasteiger partial charge in [0.15, 0.2) is 0 Å². The van der Waals surface area contributed by atoms with Crippen LogP contribution in [0.2, 0.25) is 0 Å². The van der Waals surface area contributed by atoms with Gasteiger partial charge in [0, 0.05) is 23.6 Å². The lowest BCUT2D eigenvalue weighted by molar-refractivity contribution is 0.414. The maximum atomic E-state index is 12.0. The van der Waals surface area contributed by atoms with Gasteiger partial charge in [0.25, 0.3) is 0 Å². The van der Waals surface area contributed by atoms with Crippen LogP contribution in [0.4, 0.5) is 0 Å². The molecule has 96 valence electrons. The van der Waals surface area contributed by atoms with Crippen molar-refractivity contribution in [3.63, 3.8) is 0 Å². The van der Waals surface area contributed by atoms with Crippen molar-refractivity contribution in [2.24, 2.45) is 5.73 Å². The Labute approximate surface area is 103 Å². The first kappa shape index (κ1) is 14.3. The molecule has 0 atom stereocenters. The van der Waals surface area contributed by atoms with E-state index < -0.39 is 10.0 Å². The molecule has 1 heterocycles. The Morgan fingerprint density at radius 3 is 2.69 bits per heavy atom. The number of nitrogens with two attached hydrogens (primary N) is 1. The van der Waals surface area contributed by atoms with E-state index in [1.54, 1.807) is 4.31 Å². The second-order valence-electron chi connectivity index (χ2n) is 4.72. The summed E-state index contributed by atoms with van der Waals surface area (Å²) in [6.45, 7) is 6.07. The molecular formula is C10H22N2O2S2. The zero-order chi connectivity index (χ0) is 12.2. The minimum atomic E-state index is -3.08. The van der Waals surface area contributed by atoms with Crippen LogP contribution in [0.5, 0.6) is 0 Å². The van der Waals surface area contributed by atoms with Gasteiger partial charge in [0.2, 0.25) is 10.0 Å². The summed E-state index contributed by atoms with van der Waals surface area (Å²) in [5, 5.41) is 0. The number of sulfonamides is 1. The highest BCUT2D eigenvalue weighted by molar-refractivity contribution is 8.00. The molecule has 4 nitrogen and oxygen atoms in total. The molecular weight excluding hydrogens is 244 g/mol. The predicted octanol–water partition coefficient (Wildman–Crippen LogP) is 0.883. The van der Waals surface area contributed by atoms with Gasteiger partial charge in [-0.15, -0.1) is 0 Å². The van der Waals surface area contributed by atoms with Crippen molar-refractivity contribution in [1.82, 2.24) is 4.31 Å². The lowest BCUT2D eigenvalue weighted by Crippen LogP contribution is -2.35. The van der Waals surface area contributed by atoms with Gasteiger partial charge in [-0.25, -0.2) is 12.7 Å². The van der Waals surface area contributed by atoms with Gasteiger partial charge in [-0.2, -0.15) is 11.8 Å². The summed E-state index contributed by atoms with van der Waals surface area (Å²) in [6, 6.07) is 0. The van der Waals surface area contributed by atoms with Gasteiger partial charge >= 0.3 is 0 Å². The van der Waals surface area contributed by atoms with Gasteiger partial charge in [-0.1, -0.05) is 13.8 Å². The average molecular weight is 266 g/mol. The highest BCUT2D eigenvalue weighted by Gasteiger charge is 2.29. The molecule has 6 heteroatoms. The predicted molar refractivity (Wildman–Crippen MR) is 70.2 cm³/mol. The molecule has 0 spiro atoms. The van der Waals surface area contributed by atoms with Crippen molar-refractivity contribution in [3.05, 3.63) is 0 Å². The third-order valence-corrected chi connectivity index (χ3v) is 6.13. The van der Waals surface area contributed by atoms with Crippen LogP contribution < -0.4 is 5.73 Å². The van der Waals surface area contributed by atoms with Crippen molar-refractivity contribution in [2.45, 2.75) is 31.4 Å². The van der Waals surface area contributed by atoms with Crippen molar-refractivity contribution >= 4 is 21.8 Å². The lowest BCUT2D eigenvalue weighted by atomic mass is 10.1. The van der Waals surface area contributed by atoms with E-state index in [9.17, 15) is 8.42 Å². The Morgan fingerprint density at radius 2 is 2.06 bits per heavy atom. The molecule has 0 aliphatic carbocycles. The molecule has 0 aromatic heterocycles. The monoisotopic (exact) mass is 266 g/mol. The molecule has 1 aliphatic heterocycles. The van der Waals surface area contributed by atoms with Crippen LogP contribution in [0.3, 0.4) is 0 Å². The molecule has 0 bridgehead atoms.